The topological polar surface area (TPSA) is 61.9 Å². The lowest BCUT2D eigenvalue weighted by molar-refractivity contribution is -0.137. The summed E-state index contributed by atoms with van der Waals surface area (Å²) in [5.74, 6) is -0.958. The minimum Gasteiger partial charge on any atom is -0.379 e. The predicted octanol–water partition coefficient (Wildman–Crippen LogP) is 1.47. The van der Waals surface area contributed by atoms with Crippen LogP contribution in [0.4, 0.5) is 5.69 Å². The van der Waals surface area contributed by atoms with E-state index in [0.717, 1.165) is 15.7 Å². The molecule has 0 saturated carbocycles. The molecule has 1 atom stereocenters. The summed E-state index contributed by atoms with van der Waals surface area (Å²) < 4.78 is 6.18. The zero-order chi connectivity index (χ0) is 16.4. The second kappa shape index (κ2) is 6.98. The van der Waals surface area contributed by atoms with E-state index < -0.39 is 5.92 Å². The first kappa shape index (κ1) is 16.4. The summed E-state index contributed by atoms with van der Waals surface area (Å²) in [5, 5.41) is 1.83. The van der Waals surface area contributed by atoms with Gasteiger partial charge in [-0.05, 0) is 31.0 Å². The third kappa shape index (κ3) is 3.57. The maximum Gasteiger partial charge on any atom is 0.246 e. The van der Waals surface area contributed by atoms with Crippen molar-refractivity contribution in [3.05, 3.63) is 28.2 Å². The molecule has 1 aromatic rings. The van der Waals surface area contributed by atoms with Crippen LogP contribution in [-0.4, -0.2) is 49.7 Å². The molecular weight excluding hydrogens is 362 g/mol. The van der Waals surface area contributed by atoms with Crippen LogP contribution in [0.2, 0.25) is 0 Å². The SMILES string of the molecule is Cc1ccc(Br)cc1N1CCC(C(=O)NN2CCOCC2)C1=O. The molecule has 2 amide bonds. The fourth-order valence-corrected chi connectivity index (χ4v) is 3.29. The van der Waals surface area contributed by atoms with Gasteiger partial charge in [0.05, 0.1) is 13.2 Å². The van der Waals surface area contributed by atoms with Crippen LogP contribution in [-0.2, 0) is 14.3 Å². The number of nitrogens with zero attached hydrogens (tertiary/aromatic N) is 2. The van der Waals surface area contributed by atoms with Gasteiger partial charge < -0.3 is 9.64 Å². The van der Waals surface area contributed by atoms with Gasteiger partial charge in [-0.3, -0.25) is 15.0 Å². The Morgan fingerprint density at radius 3 is 2.78 bits per heavy atom. The number of rotatable bonds is 3. The number of hydrazine groups is 1. The number of benzene rings is 1. The van der Waals surface area contributed by atoms with E-state index >= 15 is 0 Å². The average molecular weight is 382 g/mol. The predicted molar refractivity (Wildman–Crippen MR) is 89.9 cm³/mol. The van der Waals surface area contributed by atoms with E-state index in [9.17, 15) is 9.59 Å². The summed E-state index contributed by atoms with van der Waals surface area (Å²) in [6, 6.07) is 5.84. The number of anilines is 1. The van der Waals surface area contributed by atoms with Crippen LogP contribution in [0, 0.1) is 12.8 Å². The number of carbonyl (C=O) groups excluding carboxylic acids is 2. The number of nitrogens with one attached hydrogen (secondary N) is 1. The number of aryl methyl sites for hydroxylation is 1. The zero-order valence-electron chi connectivity index (χ0n) is 13.0. The lowest BCUT2D eigenvalue weighted by Crippen LogP contribution is -2.51. The number of hydrogen-bond acceptors (Lipinski definition) is 4. The monoisotopic (exact) mass is 381 g/mol. The molecule has 0 aromatic heterocycles. The number of ether oxygens (including phenoxy) is 1. The van der Waals surface area contributed by atoms with Crippen molar-refractivity contribution in [3.63, 3.8) is 0 Å². The van der Waals surface area contributed by atoms with E-state index in [-0.39, 0.29) is 11.8 Å². The van der Waals surface area contributed by atoms with E-state index in [0.29, 0.717) is 39.3 Å². The molecule has 23 heavy (non-hydrogen) atoms. The van der Waals surface area contributed by atoms with Crippen LogP contribution >= 0.6 is 15.9 Å². The molecular formula is C16H20BrN3O3. The van der Waals surface area contributed by atoms with Crippen molar-refractivity contribution in [3.8, 4) is 0 Å². The minimum absolute atomic E-state index is 0.128. The van der Waals surface area contributed by atoms with Crippen molar-refractivity contribution in [1.29, 1.82) is 0 Å². The fraction of sp³-hybridized carbons (Fsp3) is 0.500. The van der Waals surface area contributed by atoms with Gasteiger partial charge in [0.25, 0.3) is 0 Å². The zero-order valence-corrected chi connectivity index (χ0v) is 14.6. The fourth-order valence-electron chi connectivity index (χ4n) is 2.94. The molecule has 3 rings (SSSR count). The molecule has 0 spiro atoms. The van der Waals surface area contributed by atoms with Crippen LogP contribution in [0.5, 0.6) is 0 Å². The van der Waals surface area contributed by atoms with Crippen LogP contribution < -0.4 is 10.3 Å². The molecule has 2 fully saturated rings. The highest BCUT2D eigenvalue weighted by molar-refractivity contribution is 9.10. The van der Waals surface area contributed by atoms with Gasteiger partial charge in [0.1, 0.15) is 5.92 Å². The Bertz CT molecular complexity index is 617. The van der Waals surface area contributed by atoms with E-state index in [4.69, 9.17) is 4.74 Å². The second-order valence-electron chi connectivity index (χ2n) is 5.84. The highest BCUT2D eigenvalue weighted by Gasteiger charge is 2.38. The Morgan fingerprint density at radius 1 is 1.30 bits per heavy atom. The number of carbonyl (C=O) groups is 2. The molecule has 1 unspecified atom stereocenters. The van der Waals surface area contributed by atoms with E-state index in [2.05, 4.69) is 21.4 Å². The summed E-state index contributed by atoms with van der Waals surface area (Å²) in [7, 11) is 0. The lowest BCUT2D eigenvalue weighted by Gasteiger charge is -2.28. The molecule has 2 aliphatic heterocycles. The van der Waals surface area contributed by atoms with Gasteiger partial charge in [0.2, 0.25) is 11.8 Å². The van der Waals surface area contributed by atoms with Crippen molar-refractivity contribution in [1.82, 2.24) is 10.4 Å². The average Bonchev–Trinajstić information content (AvgIpc) is 2.92. The number of amides is 2. The summed E-state index contributed by atoms with van der Waals surface area (Å²) in [6.45, 7) is 5.04. The third-order valence-electron chi connectivity index (χ3n) is 4.26. The Labute approximate surface area is 143 Å². The smallest absolute Gasteiger partial charge is 0.246 e. The van der Waals surface area contributed by atoms with Crippen LogP contribution in [0.3, 0.4) is 0 Å². The number of hydrogen-bond donors (Lipinski definition) is 1. The van der Waals surface area contributed by atoms with Crippen molar-refractivity contribution in [2.24, 2.45) is 5.92 Å². The highest BCUT2D eigenvalue weighted by atomic mass is 79.9. The Morgan fingerprint density at radius 2 is 2.04 bits per heavy atom. The Kier molecular flexibility index (Phi) is 4.99. The van der Waals surface area contributed by atoms with E-state index in [1.54, 1.807) is 4.90 Å². The normalized spacial score (nSPS) is 22.4. The van der Waals surface area contributed by atoms with Gasteiger partial charge in [-0.25, -0.2) is 5.01 Å². The molecule has 2 heterocycles. The summed E-state index contributed by atoms with van der Waals surface area (Å²) in [4.78, 5) is 26.8. The van der Waals surface area contributed by atoms with Crippen LogP contribution in [0.1, 0.15) is 12.0 Å². The van der Waals surface area contributed by atoms with Gasteiger partial charge in [-0.1, -0.05) is 22.0 Å². The third-order valence-corrected chi connectivity index (χ3v) is 4.76. The molecule has 0 aliphatic carbocycles. The molecule has 2 saturated heterocycles. The maximum absolute atomic E-state index is 12.7. The molecule has 6 nitrogen and oxygen atoms in total. The van der Waals surface area contributed by atoms with Crippen LogP contribution in [0.15, 0.2) is 22.7 Å². The molecule has 1 aromatic carbocycles. The Balaban J connectivity index is 1.68. The molecule has 7 heteroatoms. The van der Waals surface area contributed by atoms with E-state index in [1.165, 1.54) is 0 Å². The maximum atomic E-state index is 12.7. The van der Waals surface area contributed by atoms with Crippen molar-refractivity contribution in [2.45, 2.75) is 13.3 Å². The van der Waals surface area contributed by atoms with E-state index in [1.807, 2.05) is 30.1 Å². The Hall–Kier alpha value is -1.44. The van der Waals surface area contributed by atoms with Crippen molar-refractivity contribution >= 4 is 33.4 Å². The molecule has 2 aliphatic rings. The minimum atomic E-state index is -0.615. The van der Waals surface area contributed by atoms with Crippen LogP contribution in [0.25, 0.3) is 0 Å². The standard InChI is InChI=1S/C16H20BrN3O3/c1-11-2-3-12(17)10-14(11)20-5-4-13(16(20)22)15(21)18-19-6-8-23-9-7-19/h2-3,10,13H,4-9H2,1H3,(H,18,21). The second-order valence-corrected chi connectivity index (χ2v) is 6.75. The molecule has 0 bridgehead atoms. The summed E-state index contributed by atoms with van der Waals surface area (Å²) in [6.07, 6.45) is 0.543. The summed E-state index contributed by atoms with van der Waals surface area (Å²) >= 11 is 3.44. The molecule has 0 radical (unpaired) electrons. The van der Waals surface area contributed by atoms with Crippen molar-refractivity contribution < 1.29 is 14.3 Å². The van der Waals surface area contributed by atoms with Gasteiger partial charge in [0, 0.05) is 29.8 Å². The number of morpholine rings is 1. The van der Waals surface area contributed by atoms with Gasteiger partial charge >= 0.3 is 0 Å². The first-order valence-corrected chi connectivity index (χ1v) is 8.56. The van der Waals surface area contributed by atoms with Crippen molar-refractivity contribution in [2.75, 3.05) is 37.7 Å². The van der Waals surface area contributed by atoms with Gasteiger partial charge in [-0.15, -0.1) is 0 Å². The quantitative estimate of drug-likeness (QED) is 0.805. The molecule has 124 valence electrons. The largest absolute Gasteiger partial charge is 0.379 e. The molecule has 1 N–H and O–H groups in total. The van der Waals surface area contributed by atoms with Gasteiger partial charge in [0.15, 0.2) is 0 Å². The first-order chi connectivity index (χ1) is 11.1. The number of halogens is 1. The lowest BCUT2D eigenvalue weighted by atomic mass is 10.1. The summed E-state index contributed by atoms with van der Waals surface area (Å²) in [5.41, 5.74) is 4.74. The highest BCUT2D eigenvalue weighted by Crippen LogP contribution is 2.30. The van der Waals surface area contributed by atoms with Gasteiger partial charge in [-0.2, -0.15) is 0 Å². The first-order valence-electron chi connectivity index (χ1n) is 7.77.